The molecule has 0 saturated heterocycles. The summed E-state index contributed by atoms with van der Waals surface area (Å²) in [6.07, 6.45) is 2.20. The summed E-state index contributed by atoms with van der Waals surface area (Å²) in [6.45, 7) is 0.354. The Labute approximate surface area is 183 Å². The molecule has 0 radical (unpaired) electrons. The molecule has 0 unspecified atom stereocenters. The molecular weight excluding hydrogens is 420 g/mol. The van der Waals surface area contributed by atoms with Crippen molar-refractivity contribution in [1.29, 1.82) is 0 Å². The first kappa shape index (κ1) is 20.3. The van der Waals surface area contributed by atoms with E-state index in [0.717, 1.165) is 17.1 Å². The van der Waals surface area contributed by atoms with Crippen LogP contribution in [0.2, 0.25) is 5.02 Å². The molecule has 4 rings (SSSR count). The third-order valence-corrected chi connectivity index (χ3v) is 5.51. The number of benzene rings is 2. The molecule has 152 valence electrons. The van der Waals surface area contributed by atoms with Crippen LogP contribution in [0.5, 0.6) is 0 Å². The zero-order valence-electron chi connectivity index (χ0n) is 16.0. The van der Waals surface area contributed by atoms with Crippen LogP contribution in [-0.2, 0) is 17.8 Å². The summed E-state index contributed by atoms with van der Waals surface area (Å²) in [5, 5.41) is 12.8. The maximum Gasteiger partial charge on any atom is 0.230 e. The Balaban J connectivity index is 1.52. The number of carbonyl (C=O) groups excluding carboxylic acids is 1. The Hall–Kier alpha value is -3.03. The number of nitrogens with zero attached hydrogens (tertiary/aromatic N) is 3. The number of aromatic nitrogens is 3. The molecule has 0 aliphatic rings. The van der Waals surface area contributed by atoms with Gasteiger partial charge in [0.15, 0.2) is 5.16 Å². The van der Waals surface area contributed by atoms with E-state index in [1.54, 1.807) is 12.3 Å². The zero-order chi connectivity index (χ0) is 20.8. The summed E-state index contributed by atoms with van der Waals surface area (Å²) in [4.78, 5) is 12.3. The Morgan fingerprint density at radius 3 is 2.70 bits per heavy atom. The van der Waals surface area contributed by atoms with Crippen molar-refractivity contribution >= 4 is 29.3 Å². The molecule has 0 spiro atoms. The summed E-state index contributed by atoms with van der Waals surface area (Å²) >= 11 is 7.54. The number of nitrogens with one attached hydrogen (secondary N) is 1. The Kier molecular flexibility index (Phi) is 6.51. The van der Waals surface area contributed by atoms with Gasteiger partial charge in [-0.2, -0.15) is 0 Å². The van der Waals surface area contributed by atoms with Crippen molar-refractivity contribution in [3.05, 3.63) is 95.2 Å². The van der Waals surface area contributed by atoms with E-state index in [-0.39, 0.29) is 11.7 Å². The average molecular weight is 439 g/mol. The van der Waals surface area contributed by atoms with E-state index in [1.807, 2.05) is 65.2 Å². The van der Waals surface area contributed by atoms with Crippen molar-refractivity contribution in [1.82, 2.24) is 20.1 Å². The SMILES string of the molecule is O=C(CSc1nnc(Cc2ccccc2)n1-c1cccc(Cl)c1)NCc1ccco1. The Bertz CT molecular complexity index is 1110. The highest BCUT2D eigenvalue weighted by Gasteiger charge is 2.16. The highest BCUT2D eigenvalue weighted by molar-refractivity contribution is 7.99. The number of hydrogen-bond donors (Lipinski definition) is 1. The summed E-state index contributed by atoms with van der Waals surface area (Å²) in [5.74, 6) is 1.59. The Morgan fingerprint density at radius 1 is 1.07 bits per heavy atom. The van der Waals surface area contributed by atoms with E-state index >= 15 is 0 Å². The van der Waals surface area contributed by atoms with Crippen molar-refractivity contribution in [3.63, 3.8) is 0 Å². The zero-order valence-corrected chi connectivity index (χ0v) is 17.6. The molecule has 1 N–H and O–H groups in total. The van der Waals surface area contributed by atoms with Crippen molar-refractivity contribution < 1.29 is 9.21 Å². The molecule has 4 aromatic rings. The minimum absolute atomic E-state index is 0.110. The summed E-state index contributed by atoms with van der Waals surface area (Å²) in [5.41, 5.74) is 1.98. The van der Waals surface area contributed by atoms with Gasteiger partial charge >= 0.3 is 0 Å². The largest absolute Gasteiger partial charge is 0.467 e. The van der Waals surface area contributed by atoms with Crippen LogP contribution in [0.1, 0.15) is 17.1 Å². The molecule has 2 aromatic heterocycles. The molecule has 0 atom stereocenters. The first-order valence-corrected chi connectivity index (χ1v) is 10.7. The van der Waals surface area contributed by atoms with Gasteiger partial charge in [0.2, 0.25) is 5.91 Å². The number of rotatable bonds is 8. The van der Waals surface area contributed by atoms with Gasteiger partial charge in [-0.25, -0.2) is 0 Å². The maximum absolute atomic E-state index is 12.3. The van der Waals surface area contributed by atoms with Gasteiger partial charge in [0.1, 0.15) is 11.6 Å². The van der Waals surface area contributed by atoms with Crippen LogP contribution < -0.4 is 5.32 Å². The lowest BCUT2D eigenvalue weighted by atomic mass is 10.1. The van der Waals surface area contributed by atoms with Gasteiger partial charge in [-0.15, -0.1) is 10.2 Å². The van der Waals surface area contributed by atoms with E-state index in [4.69, 9.17) is 16.0 Å². The van der Waals surface area contributed by atoms with E-state index in [0.29, 0.717) is 28.9 Å². The molecule has 2 heterocycles. The smallest absolute Gasteiger partial charge is 0.230 e. The van der Waals surface area contributed by atoms with Crippen LogP contribution in [0.15, 0.2) is 82.6 Å². The van der Waals surface area contributed by atoms with Crippen molar-refractivity contribution in [2.75, 3.05) is 5.75 Å². The molecule has 30 heavy (non-hydrogen) atoms. The van der Waals surface area contributed by atoms with Gasteiger partial charge in [-0.3, -0.25) is 9.36 Å². The quantitative estimate of drug-likeness (QED) is 0.410. The number of hydrogen-bond acceptors (Lipinski definition) is 5. The maximum atomic E-state index is 12.3. The molecule has 0 fully saturated rings. The average Bonchev–Trinajstić information content (AvgIpc) is 3.41. The first-order chi connectivity index (χ1) is 14.7. The van der Waals surface area contributed by atoms with Gasteiger partial charge in [-0.05, 0) is 35.9 Å². The molecule has 0 saturated carbocycles. The second-order valence-electron chi connectivity index (χ2n) is 6.52. The molecule has 0 bridgehead atoms. The van der Waals surface area contributed by atoms with Crippen LogP contribution in [0.4, 0.5) is 0 Å². The monoisotopic (exact) mass is 438 g/mol. The lowest BCUT2D eigenvalue weighted by molar-refractivity contribution is -0.118. The molecule has 2 aromatic carbocycles. The number of thioether (sulfide) groups is 1. The standard InChI is InChI=1S/C22H19ClN4O2S/c23-17-8-4-9-18(13-17)27-20(12-16-6-2-1-3-7-16)25-26-22(27)30-15-21(28)24-14-19-10-5-11-29-19/h1-11,13H,12,14-15H2,(H,24,28). The number of carbonyl (C=O) groups is 1. The fourth-order valence-electron chi connectivity index (χ4n) is 2.94. The lowest BCUT2D eigenvalue weighted by Gasteiger charge is -2.11. The topological polar surface area (TPSA) is 73.0 Å². The van der Waals surface area contributed by atoms with Crippen LogP contribution >= 0.6 is 23.4 Å². The highest BCUT2D eigenvalue weighted by atomic mass is 35.5. The van der Waals surface area contributed by atoms with Crippen LogP contribution in [0.3, 0.4) is 0 Å². The van der Waals surface area contributed by atoms with E-state index in [2.05, 4.69) is 15.5 Å². The molecule has 6 nitrogen and oxygen atoms in total. The molecule has 0 aliphatic carbocycles. The number of amides is 1. The summed E-state index contributed by atoms with van der Waals surface area (Å²) in [6, 6.07) is 21.2. The minimum atomic E-state index is -0.110. The second-order valence-corrected chi connectivity index (χ2v) is 7.90. The van der Waals surface area contributed by atoms with E-state index in [1.165, 1.54) is 11.8 Å². The predicted molar refractivity (Wildman–Crippen MR) is 117 cm³/mol. The normalized spacial score (nSPS) is 10.8. The molecule has 8 heteroatoms. The molecule has 1 amide bonds. The molecular formula is C22H19ClN4O2S. The highest BCUT2D eigenvalue weighted by Crippen LogP contribution is 2.25. The summed E-state index contributed by atoms with van der Waals surface area (Å²) < 4.78 is 7.18. The number of furan rings is 1. The van der Waals surface area contributed by atoms with Crippen LogP contribution in [0.25, 0.3) is 5.69 Å². The third-order valence-electron chi connectivity index (χ3n) is 4.34. The summed E-state index contributed by atoms with van der Waals surface area (Å²) in [7, 11) is 0. The molecule has 0 aliphatic heterocycles. The van der Waals surface area contributed by atoms with Gasteiger partial charge < -0.3 is 9.73 Å². The van der Waals surface area contributed by atoms with Crippen molar-refractivity contribution in [2.45, 2.75) is 18.1 Å². The van der Waals surface area contributed by atoms with E-state index < -0.39 is 0 Å². The Morgan fingerprint density at radius 2 is 1.93 bits per heavy atom. The van der Waals surface area contributed by atoms with Crippen LogP contribution in [0, 0.1) is 0 Å². The van der Waals surface area contributed by atoms with Gasteiger partial charge in [0.05, 0.1) is 24.2 Å². The fraction of sp³-hybridized carbons (Fsp3) is 0.136. The predicted octanol–water partition coefficient (Wildman–Crippen LogP) is 4.51. The fourth-order valence-corrected chi connectivity index (χ4v) is 3.93. The van der Waals surface area contributed by atoms with Gasteiger partial charge in [0, 0.05) is 11.4 Å². The lowest BCUT2D eigenvalue weighted by Crippen LogP contribution is -2.24. The number of halogens is 1. The van der Waals surface area contributed by atoms with Crippen molar-refractivity contribution in [3.8, 4) is 5.69 Å². The van der Waals surface area contributed by atoms with Crippen LogP contribution in [-0.4, -0.2) is 26.4 Å². The van der Waals surface area contributed by atoms with E-state index in [9.17, 15) is 4.79 Å². The van der Waals surface area contributed by atoms with Crippen molar-refractivity contribution in [2.24, 2.45) is 0 Å². The minimum Gasteiger partial charge on any atom is -0.467 e. The van der Waals surface area contributed by atoms with Gasteiger partial charge in [0.25, 0.3) is 0 Å². The second kappa shape index (κ2) is 9.65. The first-order valence-electron chi connectivity index (χ1n) is 9.35. The third kappa shape index (κ3) is 5.11. The van der Waals surface area contributed by atoms with Gasteiger partial charge in [-0.1, -0.05) is 59.8 Å².